The molecule has 4 aliphatic rings. The van der Waals surface area contributed by atoms with Gasteiger partial charge in [-0.15, -0.1) is 0 Å². The van der Waals surface area contributed by atoms with E-state index in [-0.39, 0.29) is 18.2 Å². The van der Waals surface area contributed by atoms with E-state index in [1.54, 1.807) is 4.90 Å². The Bertz CT molecular complexity index is 1070. The highest BCUT2D eigenvalue weighted by Gasteiger charge is 2.48. The monoisotopic (exact) mass is 376 g/mol. The number of nitrogens with one attached hydrogen (secondary N) is 2. The molecule has 2 N–H and O–H groups in total. The molecule has 0 radical (unpaired) electrons. The number of benzene rings is 2. The van der Waals surface area contributed by atoms with Crippen molar-refractivity contribution in [1.82, 2.24) is 10.6 Å². The lowest BCUT2D eigenvalue weighted by atomic mass is 9.74. The smallest absolute Gasteiger partial charge is 0.259 e. The minimum Gasteiger partial charge on any atom is -0.370 e. The van der Waals surface area contributed by atoms with E-state index in [0.717, 1.165) is 48.3 Å². The summed E-state index contributed by atoms with van der Waals surface area (Å²) in [5.41, 5.74) is 2.89. The van der Waals surface area contributed by atoms with Gasteiger partial charge in [-0.25, -0.2) is 0 Å². The van der Waals surface area contributed by atoms with Crippen LogP contribution in [0.15, 0.2) is 30.3 Å². The molecule has 2 aromatic carbocycles. The van der Waals surface area contributed by atoms with Gasteiger partial charge in [0.15, 0.2) is 0 Å². The van der Waals surface area contributed by atoms with E-state index in [1.165, 1.54) is 0 Å². The standard InChI is InChI=1S/C21H20N4O3/c26-17-5-4-16(19(27)23-17)25-15-3-1-2-12-6-13(7-14(18(12)15)20(25)28)24-10-21(11-24)8-22-9-21/h1-3,6-7,16,22H,4-5,8-11H2,(H,23,26,27). The summed E-state index contributed by atoms with van der Waals surface area (Å²) in [6.45, 7) is 4.15. The van der Waals surface area contributed by atoms with Crippen LogP contribution in [-0.2, 0) is 9.59 Å². The van der Waals surface area contributed by atoms with Crippen molar-refractivity contribution >= 4 is 39.9 Å². The molecule has 0 saturated carbocycles. The predicted octanol–water partition coefficient (Wildman–Crippen LogP) is 1.01. The summed E-state index contributed by atoms with van der Waals surface area (Å²) in [6.07, 6.45) is 0.608. The third-order valence-electron chi connectivity index (χ3n) is 6.59. The van der Waals surface area contributed by atoms with E-state index in [2.05, 4.69) is 21.6 Å². The van der Waals surface area contributed by atoms with Crippen LogP contribution in [0.5, 0.6) is 0 Å². The molecule has 1 unspecified atom stereocenters. The summed E-state index contributed by atoms with van der Waals surface area (Å²) < 4.78 is 0. The summed E-state index contributed by atoms with van der Waals surface area (Å²) in [6, 6.07) is 9.31. The molecular formula is C21H20N4O3. The van der Waals surface area contributed by atoms with E-state index < -0.39 is 11.9 Å². The van der Waals surface area contributed by atoms with Gasteiger partial charge in [0, 0.05) is 49.1 Å². The molecule has 7 nitrogen and oxygen atoms in total. The van der Waals surface area contributed by atoms with Crippen LogP contribution >= 0.6 is 0 Å². The normalized spacial score (nSPS) is 25.1. The van der Waals surface area contributed by atoms with E-state index in [0.29, 0.717) is 17.4 Å². The SMILES string of the molecule is O=C1CCC(N2C(=O)c3cc(N4CC5(CNC5)C4)cc4cccc2c34)C(=O)N1. The molecule has 4 heterocycles. The molecule has 3 saturated heterocycles. The largest absolute Gasteiger partial charge is 0.370 e. The number of amides is 3. The number of carbonyl (C=O) groups excluding carboxylic acids is 3. The molecule has 0 aromatic heterocycles. The maximum absolute atomic E-state index is 13.3. The molecule has 1 spiro atoms. The Kier molecular flexibility index (Phi) is 3.05. The molecule has 0 aliphatic carbocycles. The molecule has 7 heteroatoms. The first kappa shape index (κ1) is 16.1. The van der Waals surface area contributed by atoms with Crippen molar-refractivity contribution in [2.45, 2.75) is 18.9 Å². The van der Waals surface area contributed by atoms with E-state index in [4.69, 9.17) is 0 Å². The lowest BCUT2D eigenvalue weighted by Gasteiger charge is -2.57. The first-order valence-corrected chi connectivity index (χ1v) is 9.74. The number of rotatable bonds is 2. The van der Waals surface area contributed by atoms with Crippen LogP contribution < -0.4 is 20.4 Å². The van der Waals surface area contributed by atoms with Gasteiger partial charge in [-0.05, 0) is 30.0 Å². The lowest BCUT2D eigenvalue weighted by Crippen LogP contribution is -2.71. The number of hydrogen-bond donors (Lipinski definition) is 2. The predicted molar refractivity (Wildman–Crippen MR) is 104 cm³/mol. The highest BCUT2D eigenvalue weighted by atomic mass is 16.2. The molecule has 3 fully saturated rings. The van der Waals surface area contributed by atoms with Crippen LogP contribution in [0.25, 0.3) is 10.8 Å². The van der Waals surface area contributed by atoms with Crippen molar-refractivity contribution in [2.24, 2.45) is 5.41 Å². The Morgan fingerprint density at radius 3 is 2.61 bits per heavy atom. The number of hydrogen-bond acceptors (Lipinski definition) is 5. The van der Waals surface area contributed by atoms with Crippen molar-refractivity contribution in [3.05, 3.63) is 35.9 Å². The fourth-order valence-electron chi connectivity index (χ4n) is 5.07. The van der Waals surface area contributed by atoms with E-state index >= 15 is 0 Å². The van der Waals surface area contributed by atoms with Gasteiger partial charge in [0.25, 0.3) is 5.91 Å². The first-order chi connectivity index (χ1) is 13.5. The van der Waals surface area contributed by atoms with Crippen molar-refractivity contribution in [1.29, 1.82) is 0 Å². The Hall–Kier alpha value is -2.93. The van der Waals surface area contributed by atoms with Crippen molar-refractivity contribution < 1.29 is 14.4 Å². The van der Waals surface area contributed by atoms with Crippen molar-refractivity contribution in [3.63, 3.8) is 0 Å². The van der Waals surface area contributed by atoms with Gasteiger partial charge in [-0.2, -0.15) is 0 Å². The third kappa shape index (κ3) is 2.05. The number of carbonyl (C=O) groups is 3. The van der Waals surface area contributed by atoms with Gasteiger partial charge in [0.1, 0.15) is 6.04 Å². The molecule has 0 bridgehead atoms. The van der Waals surface area contributed by atoms with Crippen LogP contribution in [0.3, 0.4) is 0 Å². The van der Waals surface area contributed by atoms with Gasteiger partial charge >= 0.3 is 0 Å². The highest BCUT2D eigenvalue weighted by molar-refractivity contribution is 6.27. The van der Waals surface area contributed by atoms with Crippen LogP contribution in [0.1, 0.15) is 23.2 Å². The molecular weight excluding hydrogens is 356 g/mol. The lowest BCUT2D eigenvalue weighted by molar-refractivity contribution is -0.134. The Morgan fingerprint density at radius 2 is 1.89 bits per heavy atom. The number of imide groups is 1. The molecule has 1 atom stereocenters. The Morgan fingerprint density at radius 1 is 1.07 bits per heavy atom. The average Bonchev–Trinajstić information content (AvgIpc) is 2.87. The Labute approximate surface area is 161 Å². The van der Waals surface area contributed by atoms with Gasteiger partial charge in [-0.3, -0.25) is 24.6 Å². The molecule has 4 aliphatic heterocycles. The van der Waals surface area contributed by atoms with Crippen LogP contribution in [0.4, 0.5) is 11.4 Å². The van der Waals surface area contributed by atoms with Crippen LogP contribution in [0.2, 0.25) is 0 Å². The summed E-state index contributed by atoms with van der Waals surface area (Å²) in [4.78, 5) is 41.1. The zero-order valence-electron chi connectivity index (χ0n) is 15.3. The Balaban J connectivity index is 1.39. The zero-order valence-corrected chi connectivity index (χ0v) is 15.3. The maximum atomic E-state index is 13.3. The fraction of sp³-hybridized carbons (Fsp3) is 0.381. The zero-order chi connectivity index (χ0) is 19.0. The number of piperidine rings is 1. The average molecular weight is 376 g/mol. The van der Waals surface area contributed by atoms with Gasteiger partial charge in [0.05, 0.1) is 11.3 Å². The molecule has 28 heavy (non-hydrogen) atoms. The number of anilines is 2. The second-order valence-corrected chi connectivity index (χ2v) is 8.47. The van der Waals surface area contributed by atoms with Gasteiger partial charge < -0.3 is 10.2 Å². The van der Waals surface area contributed by atoms with E-state index in [1.807, 2.05) is 24.3 Å². The summed E-state index contributed by atoms with van der Waals surface area (Å²) >= 11 is 0. The third-order valence-corrected chi connectivity index (χ3v) is 6.59. The second kappa shape index (κ2) is 5.32. The van der Waals surface area contributed by atoms with Crippen LogP contribution in [-0.4, -0.2) is 49.9 Å². The molecule has 2 aromatic rings. The van der Waals surface area contributed by atoms with Crippen molar-refractivity contribution in [2.75, 3.05) is 36.0 Å². The molecule has 6 rings (SSSR count). The first-order valence-electron chi connectivity index (χ1n) is 9.74. The van der Waals surface area contributed by atoms with Crippen LogP contribution in [0, 0.1) is 5.41 Å². The van der Waals surface area contributed by atoms with Gasteiger partial charge in [0.2, 0.25) is 11.8 Å². The minimum absolute atomic E-state index is 0.150. The minimum atomic E-state index is -0.639. The second-order valence-electron chi connectivity index (χ2n) is 8.47. The molecule has 3 amide bonds. The molecule has 142 valence electrons. The van der Waals surface area contributed by atoms with E-state index in [9.17, 15) is 14.4 Å². The summed E-state index contributed by atoms with van der Waals surface area (Å²) in [5.74, 6) is -0.817. The summed E-state index contributed by atoms with van der Waals surface area (Å²) in [5, 5.41) is 7.63. The maximum Gasteiger partial charge on any atom is 0.259 e. The highest BCUT2D eigenvalue weighted by Crippen LogP contribution is 2.44. The van der Waals surface area contributed by atoms with Gasteiger partial charge in [-0.1, -0.05) is 12.1 Å². The van der Waals surface area contributed by atoms with Crippen molar-refractivity contribution in [3.8, 4) is 0 Å². The fourth-order valence-corrected chi connectivity index (χ4v) is 5.07. The quantitative estimate of drug-likeness (QED) is 0.765. The topological polar surface area (TPSA) is 81.8 Å². The number of nitrogens with zero attached hydrogens (tertiary/aromatic N) is 2. The summed E-state index contributed by atoms with van der Waals surface area (Å²) in [7, 11) is 0.